The van der Waals surface area contributed by atoms with Gasteiger partial charge in [0.05, 0.1) is 22.3 Å². The molecule has 1 aliphatic heterocycles. The number of H-pyrrole nitrogens is 1. The Labute approximate surface area is 170 Å². The number of aromatic nitrogens is 1. The number of anilines is 1. The zero-order chi connectivity index (χ0) is 20.8. The zero-order valence-corrected chi connectivity index (χ0v) is 16.4. The minimum atomic E-state index is -4.51. The van der Waals surface area contributed by atoms with E-state index in [4.69, 9.17) is 11.6 Å². The highest BCUT2D eigenvalue weighted by Gasteiger charge is 2.34. The van der Waals surface area contributed by atoms with E-state index in [1.807, 2.05) is 25.1 Å². The highest BCUT2D eigenvalue weighted by molar-refractivity contribution is 6.33. The van der Waals surface area contributed by atoms with Gasteiger partial charge in [0.1, 0.15) is 0 Å². The first kappa shape index (κ1) is 19.6. The minimum Gasteiger partial charge on any atom is -0.356 e. The fourth-order valence-corrected chi connectivity index (χ4v) is 4.14. The van der Waals surface area contributed by atoms with Crippen LogP contribution in [-0.2, 0) is 12.6 Å². The Morgan fingerprint density at radius 3 is 2.76 bits per heavy atom. The number of para-hydroxylation sites is 1. The van der Waals surface area contributed by atoms with Crippen LogP contribution in [-0.4, -0.2) is 22.5 Å². The van der Waals surface area contributed by atoms with Crippen molar-refractivity contribution in [2.24, 2.45) is 0 Å². The molecule has 152 valence electrons. The van der Waals surface area contributed by atoms with Gasteiger partial charge in [-0.15, -0.1) is 0 Å². The van der Waals surface area contributed by atoms with Crippen LogP contribution in [0.2, 0.25) is 5.02 Å². The van der Waals surface area contributed by atoms with Gasteiger partial charge in [-0.1, -0.05) is 36.7 Å². The maximum Gasteiger partial charge on any atom is 0.416 e. The van der Waals surface area contributed by atoms with Gasteiger partial charge >= 0.3 is 12.2 Å². The topological polar surface area (TPSA) is 48.1 Å². The molecule has 0 saturated heterocycles. The number of hydrogen-bond acceptors (Lipinski definition) is 1. The lowest BCUT2D eigenvalue weighted by Gasteiger charge is -2.35. The molecule has 0 bridgehead atoms. The molecule has 8 heteroatoms. The third-order valence-corrected chi connectivity index (χ3v) is 5.67. The van der Waals surface area contributed by atoms with Crippen LogP contribution >= 0.6 is 11.6 Å². The van der Waals surface area contributed by atoms with Crippen molar-refractivity contribution in [1.82, 2.24) is 9.88 Å². The first-order chi connectivity index (χ1) is 13.8. The average molecular weight is 422 g/mol. The monoisotopic (exact) mass is 421 g/mol. The number of nitrogens with zero attached hydrogens (tertiary/aromatic N) is 1. The Morgan fingerprint density at radius 1 is 1.28 bits per heavy atom. The van der Waals surface area contributed by atoms with Crippen molar-refractivity contribution in [3.05, 3.63) is 64.3 Å². The molecule has 1 atom stereocenters. The summed E-state index contributed by atoms with van der Waals surface area (Å²) in [6.45, 7) is 2.44. The predicted octanol–water partition coefficient (Wildman–Crippen LogP) is 6.38. The van der Waals surface area contributed by atoms with Crippen molar-refractivity contribution in [3.8, 4) is 0 Å². The SMILES string of the molecule is CCC1c2[nH]c3ccccc3c2CCN1C(=O)Nc1cc(C(F)(F)F)ccc1Cl. The lowest BCUT2D eigenvalue weighted by molar-refractivity contribution is -0.137. The second-order valence-electron chi connectivity index (χ2n) is 7.05. The molecule has 1 aromatic heterocycles. The van der Waals surface area contributed by atoms with E-state index in [0.717, 1.165) is 34.8 Å². The van der Waals surface area contributed by atoms with Crippen molar-refractivity contribution >= 4 is 34.2 Å². The summed E-state index contributed by atoms with van der Waals surface area (Å²) in [4.78, 5) is 18.0. The number of hydrogen-bond donors (Lipinski definition) is 2. The number of alkyl halides is 3. The molecule has 3 aromatic rings. The van der Waals surface area contributed by atoms with Gasteiger partial charge in [-0.2, -0.15) is 13.2 Å². The molecule has 0 radical (unpaired) electrons. The molecule has 0 saturated carbocycles. The number of aromatic amines is 1. The van der Waals surface area contributed by atoms with Crippen LogP contribution in [0, 0.1) is 0 Å². The number of benzene rings is 2. The van der Waals surface area contributed by atoms with Gasteiger partial charge in [0, 0.05) is 23.1 Å². The molecular formula is C21H19ClF3N3O. The van der Waals surface area contributed by atoms with Crippen molar-refractivity contribution in [3.63, 3.8) is 0 Å². The fourth-order valence-electron chi connectivity index (χ4n) is 3.97. The summed E-state index contributed by atoms with van der Waals surface area (Å²) in [5.41, 5.74) is 2.27. The summed E-state index contributed by atoms with van der Waals surface area (Å²) < 4.78 is 39.0. The molecule has 2 aromatic carbocycles. The highest BCUT2D eigenvalue weighted by atomic mass is 35.5. The number of halogens is 4. The maximum absolute atomic E-state index is 13.0. The Balaban J connectivity index is 1.63. The van der Waals surface area contributed by atoms with E-state index in [9.17, 15) is 18.0 Å². The molecule has 1 aliphatic rings. The van der Waals surface area contributed by atoms with Crippen molar-refractivity contribution in [2.45, 2.75) is 32.0 Å². The number of rotatable bonds is 2. The number of carbonyl (C=O) groups is 1. The van der Waals surface area contributed by atoms with Crippen molar-refractivity contribution in [2.75, 3.05) is 11.9 Å². The summed E-state index contributed by atoms with van der Waals surface area (Å²) in [7, 11) is 0. The molecule has 0 aliphatic carbocycles. The van der Waals surface area contributed by atoms with E-state index < -0.39 is 17.8 Å². The number of fused-ring (bicyclic) bond motifs is 3. The normalized spacial score (nSPS) is 16.7. The number of amides is 2. The van der Waals surface area contributed by atoms with Crippen LogP contribution < -0.4 is 5.32 Å². The Morgan fingerprint density at radius 2 is 2.03 bits per heavy atom. The second-order valence-corrected chi connectivity index (χ2v) is 7.46. The lowest BCUT2D eigenvalue weighted by atomic mass is 9.96. The Bertz CT molecular complexity index is 1080. The first-order valence-electron chi connectivity index (χ1n) is 9.33. The van der Waals surface area contributed by atoms with E-state index >= 15 is 0 Å². The summed E-state index contributed by atoms with van der Waals surface area (Å²) in [6.07, 6.45) is -3.18. The fraction of sp³-hybridized carbons (Fsp3) is 0.286. The third kappa shape index (κ3) is 3.55. The van der Waals surface area contributed by atoms with Gasteiger partial charge in [0.25, 0.3) is 0 Å². The molecule has 0 fully saturated rings. The van der Waals surface area contributed by atoms with E-state index in [0.29, 0.717) is 19.4 Å². The third-order valence-electron chi connectivity index (χ3n) is 5.34. The van der Waals surface area contributed by atoms with Gasteiger partial charge in [-0.25, -0.2) is 4.79 Å². The van der Waals surface area contributed by atoms with Gasteiger partial charge in [-0.3, -0.25) is 0 Å². The van der Waals surface area contributed by atoms with E-state index in [1.54, 1.807) is 4.90 Å². The molecule has 2 N–H and O–H groups in total. The zero-order valence-electron chi connectivity index (χ0n) is 15.6. The Hall–Kier alpha value is -2.67. The number of urea groups is 1. The molecule has 0 spiro atoms. The van der Waals surface area contributed by atoms with Crippen LogP contribution in [0.5, 0.6) is 0 Å². The summed E-state index contributed by atoms with van der Waals surface area (Å²) in [5.74, 6) is 0. The Kier molecular flexibility index (Phi) is 4.94. The number of nitrogens with one attached hydrogen (secondary N) is 2. The summed E-state index contributed by atoms with van der Waals surface area (Å²) in [6, 6.07) is 10.2. The number of carbonyl (C=O) groups excluding carboxylic acids is 1. The van der Waals surface area contributed by atoms with E-state index in [-0.39, 0.29) is 16.8 Å². The predicted molar refractivity (Wildman–Crippen MR) is 107 cm³/mol. The largest absolute Gasteiger partial charge is 0.416 e. The molecular weight excluding hydrogens is 403 g/mol. The standard InChI is InChI=1S/C21H19ClF3N3O/c1-2-18-19-14(13-5-3-4-6-16(13)26-19)9-10-28(18)20(29)27-17-11-12(21(23,24)25)7-8-15(17)22/h3-8,11,18,26H,2,9-10H2,1H3,(H,27,29). The lowest BCUT2D eigenvalue weighted by Crippen LogP contribution is -2.42. The minimum absolute atomic E-state index is 0.0520. The summed E-state index contributed by atoms with van der Waals surface area (Å²) >= 11 is 6.03. The van der Waals surface area contributed by atoms with Crippen molar-refractivity contribution < 1.29 is 18.0 Å². The van der Waals surface area contributed by atoms with Gasteiger partial charge in [0.2, 0.25) is 0 Å². The van der Waals surface area contributed by atoms with E-state index in [1.165, 1.54) is 5.56 Å². The molecule has 2 amide bonds. The maximum atomic E-state index is 13.0. The van der Waals surface area contributed by atoms with Crippen LogP contribution in [0.25, 0.3) is 10.9 Å². The molecule has 1 unspecified atom stereocenters. The van der Waals surface area contributed by atoms with Gasteiger partial charge in [0.15, 0.2) is 0 Å². The van der Waals surface area contributed by atoms with E-state index in [2.05, 4.69) is 16.4 Å². The smallest absolute Gasteiger partial charge is 0.356 e. The van der Waals surface area contributed by atoms with Crippen LogP contribution in [0.3, 0.4) is 0 Å². The van der Waals surface area contributed by atoms with Crippen molar-refractivity contribution in [1.29, 1.82) is 0 Å². The van der Waals surface area contributed by atoms with Gasteiger partial charge in [-0.05, 0) is 42.7 Å². The quantitative estimate of drug-likeness (QED) is 0.495. The molecule has 29 heavy (non-hydrogen) atoms. The average Bonchev–Trinajstić information content (AvgIpc) is 3.06. The molecule has 4 nitrogen and oxygen atoms in total. The van der Waals surface area contributed by atoms with Gasteiger partial charge < -0.3 is 15.2 Å². The first-order valence-corrected chi connectivity index (χ1v) is 9.71. The molecule has 2 heterocycles. The van der Waals surface area contributed by atoms with Crippen LogP contribution in [0.15, 0.2) is 42.5 Å². The summed E-state index contributed by atoms with van der Waals surface area (Å²) in [5, 5.41) is 3.76. The second kappa shape index (κ2) is 7.30. The highest BCUT2D eigenvalue weighted by Crippen LogP contribution is 2.37. The van der Waals surface area contributed by atoms with Crippen LogP contribution in [0.1, 0.15) is 36.2 Å². The van der Waals surface area contributed by atoms with Crippen LogP contribution in [0.4, 0.5) is 23.7 Å². The molecule has 4 rings (SSSR count).